The van der Waals surface area contributed by atoms with Crippen molar-refractivity contribution < 1.29 is 9.53 Å². The van der Waals surface area contributed by atoms with Crippen molar-refractivity contribution in [2.75, 3.05) is 6.54 Å². The normalized spacial score (nSPS) is 22.0. The van der Waals surface area contributed by atoms with E-state index in [9.17, 15) is 4.79 Å². The largest absolute Gasteiger partial charge is 0.445 e. The second-order valence-electron chi connectivity index (χ2n) is 8.08. The molecule has 3 heterocycles. The third kappa shape index (κ3) is 3.35. The first-order valence-corrected chi connectivity index (χ1v) is 9.99. The lowest BCUT2D eigenvalue weighted by Crippen LogP contribution is -2.31. The summed E-state index contributed by atoms with van der Waals surface area (Å²) in [5.41, 5.74) is 3.15. The molecule has 1 saturated carbocycles. The predicted molar refractivity (Wildman–Crippen MR) is 105 cm³/mol. The van der Waals surface area contributed by atoms with Crippen LogP contribution in [0.2, 0.25) is 0 Å². The molecule has 2 fully saturated rings. The number of hydrogen-bond donors (Lipinski definition) is 0. The van der Waals surface area contributed by atoms with Crippen LogP contribution in [0.15, 0.2) is 48.9 Å². The Morgan fingerprint density at radius 3 is 2.82 bits per heavy atom. The summed E-state index contributed by atoms with van der Waals surface area (Å²) in [5, 5.41) is 0. The van der Waals surface area contributed by atoms with Crippen LogP contribution in [0.25, 0.3) is 5.78 Å². The van der Waals surface area contributed by atoms with Crippen molar-refractivity contribution >= 4 is 11.9 Å². The van der Waals surface area contributed by atoms with Crippen LogP contribution in [0.1, 0.15) is 55.0 Å². The molecule has 6 heteroatoms. The summed E-state index contributed by atoms with van der Waals surface area (Å²) in [7, 11) is 0. The van der Waals surface area contributed by atoms with Crippen LogP contribution in [0.3, 0.4) is 0 Å². The van der Waals surface area contributed by atoms with Gasteiger partial charge in [0, 0.05) is 25.1 Å². The molecule has 6 nitrogen and oxygen atoms in total. The molecule has 2 aliphatic rings. The Bertz CT molecular complexity index is 996. The SMILES string of the molecule is C[C@H]1C[C@H](c2cn3cc(C4CC4)cnc3n2)N(C(=O)OCc2ccccc2)C1. The average Bonchev–Trinajstić information content (AvgIpc) is 3.36. The minimum atomic E-state index is -0.276. The Balaban J connectivity index is 1.35. The van der Waals surface area contributed by atoms with Crippen LogP contribution in [-0.4, -0.2) is 31.9 Å². The summed E-state index contributed by atoms with van der Waals surface area (Å²) >= 11 is 0. The molecule has 1 saturated heterocycles. The standard InChI is InChI=1S/C22H24N4O2/c1-15-9-20(26(11-15)22(27)28-14-16-5-3-2-4-6-16)19-13-25-12-18(17-7-8-17)10-23-21(25)24-19/h2-6,10,12-13,15,17,20H,7-9,11,14H2,1H3/t15-,20+/m0/s1. The van der Waals surface area contributed by atoms with E-state index < -0.39 is 0 Å². The monoisotopic (exact) mass is 376 g/mol. The molecule has 1 amide bonds. The smallest absolute Gasteiger partial charge is 0.410 e. The van der Waals surface area contributed by atoms with Crippen LogP contribution in [0.5, 0.6) is 0 Å². The van der Waals surface area contributed by atoms with E-state index in [1.54, 1.807) is 0 Å². The van der Waals surface area contributed by atoms with Crippen molar-refractivity contribution in [2.45, 2.75) is 44.8 Å². The quantitative estimate of drug-likeness (QED) is 0.680. The van der Waals surface area contributed by atoms with E-state index in [1.807, 2.05) is 52.0 Å². The summed E-state index contributed by atoms with van der Waals surface area (Å²) in [4.78, 5) is 23.8. The van der Waals surface area contributed by atoms with Crippen molar-refractivity contribution in [3.05, 3.63) is 65.7 Å². The third-order valence-corrected chi connectivity index (χ3v) is 5.69. The lowest BCUT2D eigenvalue weighted by molar-refractivity contribution is 0.0909. The summed E-state index contributed by atoms with van der Waals surface area (Å²) < 4.78 is 7.58. The molecule has 144 valence electrons. The number of likely N-dealkylation sites (tertiary alicyclic amines) is 1. The second-order valence-corrected chi connectivity index (χ2v) is 8.08. The van der Waals surface area contributed by atoms with Gasteiger partial charge < -0.3 is 4.74 Å². The number of nitrogens with zero attached hydrogens (tertiary/aromatic N) is 4. The second kappa shape index (κ2) is 6.93. The highest BCUT2D eigenvalue weighted by atomic mass is 16.6. The summed E-state index contributed by atoms with van der Waals surface area (Å²) in [6.45, 7) is 3.14. The topological polar surface area (TPSA) is 59.7 Å². The molecule has 1 aliphatic carbocycles. The molecule has 2 atom stereocenters. The van der Waals surface area contributed by atoms with Crippen molar-refractivity contribution in [2.24, 2.45) is 5.92 Å². The maximum atomic E-state index is 12.8. The van der Waals surface area contributed by atoms with Crippen LogP contribution in [-0.2, 0) is 11.3 Å². The Labute approximate surface area is 164 Å². The van der Waals surface area contributed by atoms with Gasteiger partial charge in [0.15, 0.2) is 0 Å². The first kappa shape index (κ1) is 17.2. The van der Waals surface area contributed by atoms with E-state index in [0.29, 0.717) is 24.2 Å². The number of benzene rings is 1. The molecule has 5 rings (SSSR count). The number of hydrogen-bond acceptors (Lipinski definition) is 4. The minimum absolute atomic E-state index is 0.0654. The first-order chi connectivity index (χ1) is 13.7. The fraction of sp³-hybridized carbons (Fsp3) is 0.409. The van der Waals surface area contributed by atoms with Gasteiger partial charge in [0.25, 0.3) is 0 Å². The van der Waals surface area contributed by atoms with E-state index in [-0.39, 0.29) is 18.7 Å². The average molecular weight is 376 g/mol. The van der Waals surface area contributed by atoms with Gasteiger partial charge in [-0.15, -0.1) is 0 Å². The van der Waals surface area contributed by atoms with Gasteiger partial charge in [-0.2, -0.15) is 0 Å². The highest BCUT2D eigenvalue weighted by Crippen LogP contribution is 2.40. The molecule has 1 aromatic carbocycles. The number of imidazole rings is 1. The lowest BCUT2D eigenvalue weighted by Gasteiger charge is -2.22. The van der Waals surface area contributed by atoms with Crippen LogP contribution in [0.4, 0.5) is 4.79 Å². The molecule has 2 aromatic heterocycles. The molecule has 1 aliphatic heterocycles. The van der Waals surface area contributed by atoms with Gasteiger partial charge in [0.2, 0.25) is 5.78 Å². The minimum Gasteiger partial charge on any atom is -0.445 e. The third-order valence-electron chi connectivity index (χ3n) is 5.69. The fourth-order valence-corrected chi connectivity index (χ4v) is 4.04. The zero-order valence-corrected chi connectivity index (χ0v) is 16.0. The molecular weight excluding hydrogens is 352 g/mol. The Morgan fingerprint density at radius 2 is 2.04 bits per heavy atom. The van der Waals surface area contributed by atoms with Gasteiger partial charge in [0.1, 0.15) is 6.61 Å². The first-order valence-electron chi connectivity index (χ1n) is 9.99. The highest BCUT2D eigenvalue weighted by molar-refractivity contribution is 5.68. The number of aromatic nitrogens is 3. The van der Waals surface area contributed by atoms with E-state index in [0.717, 1.165) is 17.7 Å². The fourth-order valence-electron chi connectivity index (χ4n) is 4.04. The molecular formula is C22H24N4O2. The van der Waals surface area contributed by atoms with Crippen molar-refractivity contribution in [1.29, 1.82) is 0 Å². The zero-order valence-electron chi connectivity index (χ0n) is 16.0. The molecule has 0 spiro atoms. The molecule has 3 aromatic rings. The van der Waals surface area contributed by atoms with Gasteiger partial charge in [0.05, 0.1) is 11.7 Å². The van der Waals surface area contributed by atoms with Gasteiger partial charge >= 0.3 is 6.09 Å². The van der Waals surface area contributed by atoms with Crippen molar-refractivity contribution in [3.63, 3.8) is 0 Å². The summed E-state index contributed by atoms with van der Waals surface area (Å²) in [5.74, 6) is 1.75. The molecule has 0 bridgehead atoms. The van der Waals surface area contributed by atoms with Crippen molar-refractivity contribution in [1.82, 2.24) is 19.3 Å². The number of carbonyl (C=O) groups is 1. The zero-order chi connectivity index (χ0) is 19.1. The Hall–Kier alpha value is -2.89. The number of fused-ring (bicyclic) bond motifs is 1. The number of ether oxygens (including phenoxy) is 1. The Morgan fingerprint density at radius 1 is 1.21 bits per heavy atom. The van der Waals surface area contributed by atoms with Gasteiger partial charge in [-0.1, -0.05) is 37.3 Å². The van der Waals surface area contributed by atoms with Crippen LogP contribution >= 0.6 is 0 Å². The van der Waals surface area contributed by atoms with E-state index in [1.165, 1.54) is 18.4 Å². The van der Waals surface area contributed by atoms with Gasteiger partial charge in [-0.25, -0.2) is 14.8 Å². The number of carbonyl (C=O) groups excluding carboxylic acids is 1. The van der Waals surface area contributed by atoms with Crippen molar-refractivity contribution in [3.8, 4) is 0 Å². The summed E-state index contributed by atoms with van der Waals surface area (Å²) in [6.07, 6.45) is 9.20. The van der Waals surface area contributed by atoms with E-state index in [2.05, 4.69) is 18.1 Å². The lowest BCUT2D eigenvalue weighted by atomic mass is 10.1. The van der Waals surface area contributed by atoms with E-state index >= 15 is 0 Å². The van der Waals surface area contributed by atoms with Gasteiger partial charge in [-0.3, -0.25) is 9.30 Å². The maximum Gasteiger partial charge on any atom is 0.410 e. The predicted octanol–water partition coefficient (Wildman–Crippen LogP) is 4.33. The van der Waals surface area contributed by atoms with Crippen LogP contribution < -0.4 is 0 Å². The molecule has 28 heavy (non-hydrogen) atoms. The Kier molecular flexibility index (Phi) is 4.26. The number of amides is 1. The molecule has 0 unspecified atom stereocenters. The molecule has 0 N–H and O–H groups in total. The van der Waals surface area contributed by atoms with E-state index in [4.69, 9.17) is 9.72 Å². The molecule has 0 radical (unpaired) electrons. The highest BCUT2D eigenvalue weighted by Gasteiger charge is 2.37. The van der Waals surface area contributed by atoms with Gasteiger partial charge in [-0.05, 0) is 42.2 Å². The number of rotatable bonds is 4. The maximum absolute atomic E-state index is 12.8. The summed E-state index contributed by atoms with van der Waals surface area (Å²) in [6, 6.07) is 9.71. The van der Waals surface area contributed by atoms with Crippen LogP contribution in [0, 0.1) is 5.92 Å².